The summed E-state index contributed by atoms with van der Waals surface area (Å²) >= 11 is 1.72. The molecule has 0 saturated carbocycles. The molecule has 1 unspecified atom stereocenters. The molecule has 1 atom stereocenters. The van der Waals surface area contributed by atoms with Crippen LogP contribution in [0.1, 0.15) is 23.7 Å². The molecule has 136 valence electrons. The topological polar surface area (TPSA) is 87.1 Å². The number of rotatable bonds is 3. The van der Waals surface area contributed by atoms with Crippen LogP contribution < -0.4 is 4.90 Å². The molecule has 2 aromatic rings. The third-order valence-corrected chi connectivity index (χ3v) is 5.31. The molecular weight excluding hydrogens is 354 g/mol. The number of hydrogen-bond donors (Lipinski definition) is 2. The Hall–Kier alpha value is -2.67. The fourth-order valence-corrected chi connectivity index (χ4v) is 3.83. The Morgan fingerprint density at radius 1 is 1.23 bits per heavy atom. The second-order valence-electron chi connectivity index (χ2n) is 6.01. The summed E-state index contributed by atoms with van der Waals surface area (Å²) in [6.45, 7) is 2.24. The molecule has 0 aliphatic carbocycles. The van der Waals surface area contributed by atoms with E-state index >= 15 is 0 Å². The molecule has 1 aliphatic rings. The number of nitrogens with zero attached hydrogens (tertiary/aromatic N) is 1. The molecule has 2 aromatic carbocycles. The van der Waals surface area contributed by atoms with Crippen molar-refractivity contribution in [1.82, 2.24) is 0 Å². The van der Waals surface area contributed by atoms with Crippen molar-refractivity contribution in [3.05, 3.63) is 48.0 Å². The van der Waals surface area contributed by atoms with Gasteiger partial charge in [-0.05, 0) is 30.7 Å². The number of fused-ring (bicyclic) bond motifs is 1. The molecule has 1 heterocycles. The number of carbonyl (C=O) groups excluding carboxylic acids is 2. The Labute approximate surface area is 155 Å². The first kappa shape index (κ1) is 18.1. The first-order valence-electron chi connectivity index (χ1n) is 8.21. The van der Waals surface area contributed by atoms with E-state index in [1.807, 2.05) is 24.3 Å². The van der Waals surface area contributed by atoms with E-state index in [0.29, 0.717) is 11.8 Å². The quantitative estimate of drug-likeness (QED) is 0.804. The van der Waals surface area contributed by atoms with Crippen molar-refractivity contribution < 1.29 is 24.5 Å². The molecule has 6 nitrogen and oxygen atoms in total. The number of aromatic hydroxyl groups is 2. The van der Waals surface area contributed by atoms with Crippen LogP contribution in [0.3, 0.4) is 0 Å². The Bertz CT molecular complexity index is 838. The number of hydrogen-bond acceptors (Lipinski definition) is 6. The second-order valence-corrected chi connectivity index (χ2v) is 7.49. The number of esters is 1. The highest BCUT2D eigenvalue weighted by Gasteiger charge is 2.25. The SMILES string of the molecule is CC1CCN(C(=O)COC(=O)c2ccc(O)cc2O)c2ccccc2S1. The predicted octanol–water partition coefficient (Wildman–Crippen LogP) is 3.17. The maximum absolute atomic E-state index is 12.6. The highest BCUT2D eigenvalue weighted by molar-refractivity contribution is 8.00. The van der Waals surface area contributed by atoms with Gasteiger partial charge in [0.2, 0.25) is 0 Å². The molecule has 0 radical (unpaired) electrons. The van der Waals surface area contributed by atoms with Crippen molar-refractivity contribution in [1.29, 1.82) is 0 Å². The fourth-order valence-electron chi connectivity index (χ4n) is 2.72. The number of ether oxygens (including phenoxy) is 1. The summed E-state index contributed by atoms with van der Waals surface area (Å²) in [5, 5.41) is 19.4. The summed E-state index contributed by atoms with van der Waals surface area (Å²) in [6.07, 6.45) is 0.831. The zero-order valence-electron chi connectivity index (χ0n) is 14.2. The Morgan fingerprint density at radius 2 is 2.00 bits per heavy atom. The summed E-state index contributed by atoms with van der Waals surface area (Å²) in [4.78, 5) is 27.4. The lowest BCUT2D eigenvalue weighted by Gasteiger charge is -2.22. The number of anilines is 1. The van der Waals surface area contributed by atoms with Crippen LogP contribution in [0.5, 0.6) is 11.5 Å². The van der Waals surface area contributed by atoms with Gasteiger partial charge in [0.1, 0.15) is 17.1 Å². The zero-order valence-corrected chi connectivity index (χ0v) is 15.0. The largest absolute Gasteiger partial charge is 0.508 e. The molecule has 0 fully saturated rings. The van der Waals surface area contributed by atoms with Crippen LogP contribution in [0, 0.1) is 0 Å². The molecule has 26 heavy (non-hydrogen) atoms. The maximum Gasteiger partial charge on any atom is 0.342 e. The van der Waals surface area contributed by atoms with Gasteiger partial charge < -0.3 is 19.8 Å². The monoisotopic (exact) mass is 373 g/mol. The summed E-state index contributed by atoms with van der Waals surface area (Å²) in [7, 11) is 0. The van der Waals surface area contributed by atoms with E-state index in [-0.39, 0.29) is 17.2 Å². The smallest absolute Gasteiger partial charge is 0.342 e. The van der Waals surface area contributed by atoms with Gasteiger partial charge >= 0.3 is 5.97 Å². The van der Waals surface area contributed by atoms with Gasteiger partial charge in [-0.25, -0.2) is 4.79 Å². The van der Waals surface area contributed by atoms with Gasteiger partial charge in [0.15, 0.2) is 6.61 Å². The van der Waals surface area contributed by atoms with Gasteiger partial charge in [0, 0.05) is 22.8 Å². The molecule has 0 aromatic heterocycles. The van der Waals surface area contributed by atoms with Crippen molar-refractivity contribution in [3.8, 4) is 11.5 Å². The van der Waals surface area contributed by atoms with Crippen LogP contribution in [0.25, 0.3) is 0 Å². The molecule has 3 rings (SSSR count). The molecule has 1 amide bonds. The number of amides is 1. The van der Waals surface area contributed by atoms with E-state index in [4.69, 9.17) is 4.74 Å². The first-order chi connectivity index (χ1) is 12.5. The van der Waals surface area contributed by atoms with Crippen LogP contribution in [0.15, 0.2) is 47.4 Å². The van der Waals surface area contributed by atoms with E-state index in [2.05, 4.69) is 6.92 Å². The molecule has 7 heteroatoms. The highest BCUT2D eigenvalue weighted by Crippen LogP contribution is 2.37. The van der Waals surface area contributed by atoms with Crippen molar-refractivity contribution in [2.75, 3.05) is 18.1 Å². The van der Waals surface area contributed by atoms with Crippen LogP contribution in [0.2, 0.25) is 0 Å². The van der Waals surface area contributed by atoms with E-state index in [1.54, 1.807) is 16.7 Å². The summed E-state index contributed by atoms with van der Waals surface area (Å²) in [6, 6.07) is 11.2. The summed E-state index contributed by atoms with van der Waals surface area (Å²) in [5.41, 5.74) is 0.714. The van der Waals surface area contributed by atoms with E-state index in [0.717, 1.165) is 23.1 Å². The van der Waals surface area contributed by atoms with E-state index < -0.39 is 18.3 Å². The summed E-state index contributed by atoms with van der Waals surface area (Å²) < 4.78 is 5.07. The van der Waals surface area contributed by atoms with Gasteiger partial charge in [0.25, 0.3) is 5.91 Å². The third-order valence-electron chi connectivity index (χ3n) is 4.07. The predicted molar refractivity (Wildman–Crippen MR) is 98.8 cm³/mol. The van der Waals surface area contributed by atoms with Crippen molar-refractivity contribution in [3.63, 3.8) is 0 Å². The zero-order chi connectivity index (χ0) is 18.7. The van der Waals surface area contributed by atoms with Gasteiger partial charge in [-0.15, -0.1) is 11.8 Å². The maximum atomic E-state index is 12.6. The van der Waals surface area contributed by atoms with Crippen LogP contribution >= 0.6 is 11.8 Å². The Morgan fingerprint density at radius 3 is 2.77 bits per heavy atom. The third kappa shape index (κ3) is 3.94. The summed E-state index contributed by atoms with van der Waals surface area (Å²) in [5.74, 6) is -1.70. The number of phenols is 2. The fraction of sp³-hybridized carbons (Fsp3) is 0.263. The minimum atomic E-state index is -0.818. The molecule has 1 aliphatic heterocycles. The minimum absolute atomic E-state index is 0.101. The minimum Gasteiger partial charge on any atom is -0.508 e. The number of para-hydroxylation sites is 1. The highest BCUT2D eigenvalue weighted by atomic mass is 32.2. The molecule has 0 saturated heterocycles. The van der Waals surface area contributed by atoms with Crippen molar-refractivity contribution >= 4 is 29.3 Å². The average molecular weight is 373 g/mol. The lowest BCUT2D eigenvalue weighted by molar-refractivity contribution is -0.121. The lowest BCUT2D eigenvalue weighted by Crippen LogP contribution is -2.35. The van der Waals surface area contributed by atoms with Gasteiger partial charge in [-0.2, -0.15) is 0 Å². The molecule has 2 N–H and O–H groups in total. The molecule has 0 bridgehead atoms. The van der Waals surface area contributed by atoms with Crippen LogP contribution in [-0.2, 0) is 9.53 Å². The standard InChI is InChI=1S/C19H19NO5S/c1-12-8-9-20(15-4-2-3-5-17(15)26-12)18(23)11-25-19(24)14-7-6-13(21)10-16(14)22/h2-7,10,12,21-22H,8-9,11H2,1H3. The lowest BCUT2D eigenvalue weighted by atomic mass is 10.2. The van der Waals surface area contributed by atoms with Gasteiger partial charge in [0.05, 0.1) is 5.69 Å². The number of phenolic OH excluding ortho intramolecular Hbond substituents is 2. The molecule has 0 spiro atoms. The second kappa shape index (κ2) is 7.70. The number of benzene rings is 2. The normalized spacial score (nSPS) is 16.5. The van der Waals surface area contributed by atoms with Crippen LogP contribution in [0.4, 0.5) is 5.69 Å². The van der Waals surface area contributed by atoms with Crippen molar-refractivity contribution in [2.45, 2.75) is 23.5 Å². The van der Waals surface area contributed by atoms with Gasteiger partial charge in [-0.1, -0.05) is 19.1 Å². The van der Waals surface area contributed by atoms with E-state index in [1.165, 1.54) is 12.1 Å². The first-order valence-corrected chi connectivity index (χ1v) is 9.09. The van der Waals surface area contributed by atoms with Gasteiger partial charge in [-0.3, -0.25) is 4.79 Å². The average Bonchev–Trinajstić information content (AvgIpc) is 2.77. The Kier molecular flexibility index (Phi) is 5.37. The number of thioether (sulfide) groups is 1. The van der Waals surface area contributed by atoms with Crippen LogP contribution in [-0.4, -0.2) is 40.5 Å². The molecular formula is C19H19NO5S. The van der Waals surface area contributed by atoms with Crippen molar-refractivity contribution in [2.24, 2.45) is 0 Å². The Balaban J connectivity index is 1.71. The number of carbonyl (C=O) groups is 2. The van der Waals surface area contributed by atoms with E-state index in [9.17, 15) is 19.8 Å².